The van der Waals surface area contributed by atoms with E-state index in [0.29, 0.717) is 17.5 Å². The molecule has 22 heavy (non-hydrogen) atoms. The van der Waals surface area contributed by atoms with Crippen LogP contribution in [0.1, 0.15) is 24.8 Å². The van der Waals surface area contributed by atoms with Gasteiger partial charge in [0.1, 0.15) is 0 Å². The summed E-state index contributed by atoms with van der Waals surface area (Å²) < 4.78 is 6.46. The van der Waals surface area contributed by atoms with Crippen molar-refractivity contribution in [1.29, 1.82) is 0 Å². The summed E-state index contributed by atoms with van der Waals surface area (Å²) in [6, 6.07) is 11.6. The zero-order valence-electron chi connectivity index (χ0n) is 14.0. The van der Waals surface area contributed by atoms with Crippen LogP contribution in [0.3, 0.4) is 0 Å². The van der Waals surface area contributed by atoms with E-state index in [2.05, 4.69) is 60.9 Å². The monoisotopic (exact) mass is 313 g/mol. The van der Waals surface area contributed by atoms with Gasteiger partial charge in [-0.2, -0.15) is 0 Å². The Morgan fingerprint density at radius 3 is 2.68 bits per heavy atom. The fourth-order valence-corrected chi connectivity index (χ4v) is 5.44. The van der Waals surface area contributed by atoms with E-state index in [0.717, 1.165) is 0 Å². The van der Waals surface area contributed by atoms with Crippen molar-refractivity contribution in [3.05, 3.63) is 47.7 Å². The van der Waals surface area contributed by atoms with Gasteiger partial charge in [0.05, 0.1) is 5.76 Å². The van der Waals surface area contributed by atoms with E-state index in [9.17, 15) is 0 Å². The highest BCUT2D eigenvalue weighted by molar-refractivity contribution is 6.70. The first-order chi connectivity index (χ1) is 10.5. The maximum atomic E-state index is 6.46. The van der Waals surface area contributed by atoms with Gasteiger partial charge in [0.2, 0.25) is 8.32 Å². The van der Waals surface area contributed by atoms with Crippen molar-refractivity contribution in [3.63, 3.8) is 0 Å². The number of fused-ring (bicyclic) bond motifs is 1. The maximum absolute atomic E-state index is 6.46. The van der Waals surface area contributed by atoms with Gasteiger partial charge in [-0.25, -0.2) is 0 Å². The van der Waals surface area contributed by atoms with E-state index in [4.69, 9.17) is 4.43 Å². The Hall–Kier alpha value is -1.06. The van der Waals surface area contributed by atoms with Crippen LogP contribution in [0.4, 0.5) is 0 Å². The lowest BCUT2D eigenvalue weighted by Crippen LogP contribution is -2.46. The number of rotatable bonds is 5. The largest absolute Gasteiger partial charge is 0.547 e. The second kappa shape index (κ2) is 4.97. The molecule has 0 saturated carbocycles. The van der Waals surface area contributed by atoms with Crippen molar-refractivity contribution in [2.24, 2.45) is 5.92 Å². The van der Waals surface area contributed by atoms with E-state index in [1.165, 1.54) is 43.6 Å². The molecule has 1 aromatic carbocycles. The van der Waals surface area contributed by atoms with Gasteiger partial charge in [-0.15, -0.1) is 0 Å². The molecule has 0 radical (unpaired) electrons. The van der Waals surface area contributed by atoms with E-state index in [1.54, 1.807) is 0 Å². The minimum absolute atomic E-state index is 0.419. The molecule has 2 bridgehead atoms. The standard InChI is InChI=1S/C19H27NOSi/c1-22(2,3)21-18-13-16-9-10-17(18)19(14-20(16)19)12-11-15-7-5-4-6-8-15/h4-8,13,16-17H,9-12,14H2,1-3H3/t16-,17+,19-,20?/m1/s1. The summed E-state index contributed by atoms with van der Waals surface area (Å²) in [7, 11) is -1.50. The predicted octanol–water partition coefficient (Wildman–Crippen LogP) is 4.20. The fourth-order valence-electron chi connectivity index (χ4n) is 4.53. The Morgan fingerprint density at radius 2 is 1.95 bits per heavy atom. The van der Waals surface area contributed by atoms with Gasteiger partial charge in [-0.05, 0) is 57.0 Å². The van der Waals surface area contributed by atoms with Gasteiger partial charge in [0, 0.05) is 24.0 Å². The lowest BCUT2D eigenvalue weighted by Gasteiger charge is -2.43. The molecule has 118 valence electrons. The zero-order chi connectivity index (χ0) is 15.4. The highest BCUT2D eigenvalue weighted by Gasteiger charge is 2.64. The Kier molecular flexibility index (Phi) is 3.28. The molecule has 1 aromatic rings. The van der Waals surface area contributed by atoms with Gasteiger partial charge < -0.3 is 4.43 Å². The zero-order valence-corrected chi connectivity index (χ0v) is 15.0. The summed E-state index contributed by atoms with van der Waals surface area (Å²) in [5.41, 5.74) is 1.89. The normalized spacial score (nSPS) is 35.8. The van der Waals surface area contributed by atoms with Crippen LogP contribution in [0.25, 0.3) is 0 Å². The quantitative estimate of drug-likeness (QED) is 0.596. The molecule has 4 atom stereocenters. The molecule has 3 aliphatic heterocycles. The molecular weight excluding hydrogens is 286 g/mol. The van der Waals surface area contributed by atoms with Gasteiger partial charge in [0.15, 0.2) is 0 Å². The third-order valence-electron chi connectivity index (χ3n) is 5.53. The van der Waals surface area contributed by atoms with E-state index < -0.39 is 8.32 Å². The number of benzene rings is 1. The van der Waals surface area contributed by atoms with E-state index >= 15 is 0 Å². The molecule has 4 aliphatic rings. The molecule has 5 rings (SSSR count). The van der Waals surface area contributed by atoms with Crippen LogP contribution in [0.2, 0.25) is 19.6 Å². The van der Waals surface area contributed by atoms with Crippen molar-refractivity contribution in [2.45, 2.75) is 56.9 Å². The van der Waals surface area contributed by atoms with Crippen LogP contribution in [0.15, 0.2) is 42.2 Å². The number of hydrogen-bond donors (Lipinski definition) is 0. The lowest BCUT2D eigenvalue weighted by atomic mass is 9.75. The molecule has 3 heterocycles. The van der Waals surface area contributed by atoms with Crippen LogP contribution in [0, 0.1) is 5.92 Å². The summed E-state index contributed by atoms with van der Waals surface area (Å²) in [6.45, 7) is 8.19. The number of aryl methyl sites for hydroxylation is 1. The predicted molar refractivity (Wildman–Crippen MR) is 93.2 cm³/mol. The van der Waals surface area contributed by atoms with Crippen LogP contribution in [0.5, 0.6) is 0 Å². The number of nitrogens with zero attached hydrogens (tertiary/aromatic N) is 1. The third-order valence-corrected chi connectivity index (χ3v) is 6.37. The fraction of sp³-hybridized carbons (Fsp3) is 0.579. The molecule has 0 amide bonds. The SMILES string of the molecule is C[Si](C)(C)OC1=C[C@H]2CC[C@@H]1[C@@]1(CCc3ccccc3)CN21. The average molecular weight is 314 g/mol. The van der Waals surface area contributed by atoms with Gasteiger partial charge >= 0.3 is 0 Å². The van der Waals surface area contributed by atoms with Crippen LogP contribution in [-0.4, -0.2) is 31.3 Å². The Bertz CT molecular complexity index is 591. The summed E-state index contributed by atoms with van der Waals surface area (Å²) >= 11 is 0. The Morgan fingerprint density at radius 1 is 1.18 bits per heavy atom. The third kappa shape index (κ3) is 2.44. The number of piperidine rings is 1. The highest BCUT2D eigenvalue weighted by atomic mass is 28.4. The van der Waals surface area contributed by atoms with Crippen molar-refractivity contribution >= 4 is 8.32 Å². The Balaban J connectivity index is 1.51. The topological polar surface area (TPSA) is 12.2 Å². The minimum atomic E-state index is -1.50. The molecular formula is C19H27NOSi. The average Bonchev–Trinajstić information content (AvgIpc) is 3.23. The van der Waals surface area contributed by atoms with Crippen molar-refractivity contribution < 1.29 is 4.43 Å². The van der Waals surface area contributed by atoms with Crippen LogP contribution in [-0.2, 0) is 10.8 Å². The summed E-state index contributed by atoms with van der Waals surface area (Å²) in [5, 5.41) is 0. The molecule has 2 saturated heterocycles. The molecule has 2 fully saturated rings. The van der Waals surface area contributed by atoms with Crippen molar-refractivity contribution in [3.8, 4) is 0 Å². The minimum Gasteiger partial charge on any atom is -0.547 e. The molecule has 0 spiro atoms. The first-order valence-electron chi connectivity index (χ1n) is 8.69. The molecule has 0 N–H and O–H groups in total. The van der Waals surface area contributed by atoms with Crippen LogP contribution >= 0.6 is 0 Å². The summed E-state index contributed by atoms with van der Waals surface area (Å²) in [4.78, 5) is 2.74. The molecule has 0 aromatic heterocycles. The van der Waals surface area contributed by atoms with Gasteiger partial charge in [-0.3, -0.25) is 4.90 Å². The van der Waals surface area contributed by atoms with Gasteiger partial charge in [0.25, 0.3) is 0 Å². The first-order valence-corrected chi connectivity index (χ1v) is 12.1. The van der Waals surface area contributed by atoms with E-state index in [1.807, 2.05) is 0 Å². The summed E-state index contributed by atoms with van der Waals surface area (Å²) in [5.74, 6) is 1.99. The smallest absolute Gasteiger partial charge is 0.241 e. The van der Waals surface area contributed by atoms with E-state index in [-0.39, 0.29) is 0 Å². The summed E-state index contributed by atoms with van der Waals surface area (Å²) in [6.07, 6.45) is 7.58. The molecule has 3 heteroatoms. The van der Waals surface area contributed by atoms with Crippen LogP contribution < -0.4 is 0 Å². The Labute approximate surface area is 135 Å². The second-order valence-corrected chi connectivity index (χ2v) is 12.6. The lowest BCUT2D eigenvalue weighted by molar-refractivity contribution is 0.137. The number of hydrogen-bond acceptors (Lipinski definition) is 2. The molecule has 2 nitrogen and oxygen atoms in total. The highest BCUT2D eigenvalue weighted by Crippen LogP contribution is 2.57. The molecule has 1 unspecified atom stereocenters. The molecule has 1 aliphatic carbocycles. The maximum Gasteiger partial charge on any atom is 0.241 e. The first kappa shape index (κ1) is 14.5. The second-order valence-electron chi connectivity index (χ2n) is 8.20. The van der Waals surface area contributed by atoms with Gasteiger partial charge in [-0.1, -0.05) is 30.3 Å². The van der Waals surface area contributed by atoms with Crippen molar-refractivity contribution in [2.75, 3.05) is 6.54 Å². The van der Waals surface area contributed by atoms with Crippen molar-refractivity contribution in [1.82, 2.24) is 4.90 Å².